The molecular formula is C20H21N5O4S. The topological polar surface area (TPSA) is 106 Å². The van der Waals surface area contributed by atoms with Crippen LogP contribution in [0.2, 0.25) is 0 Å². The molecule has 0 unspecified atom stereocenters. The molecule has 0 atom stereocenters. The smallest absolute Gasteiger partial charge is 0.270 e. The Morgan fingerprint density at radius 3 is 2.77 bits per heavy atom. The van der Waals surface area contributed by atoms with Crippen LogP contribution in [-0.2, 0) is 6.42 Å². The number of nitro groups is 1. The zero-order chi connectivity index (χ0) is 20.9. The van der Waals surface area contributed by atoms with Crippen molar-refractivity contribution < 1.29 is 14.2 Å². The molecule has 3 aromatic rings. The number of rotatable bonds is 7. The highest BCUT2D eigenvalue weighted by molar-refractivity contribution is 7.13. The summed E-state index contributed by atoms with van der Waals surface area (Å²) < 4.78 is 5.33. The van der Waals surface area contributed by atoms with Crippen LogP contribution in [0.15, 0.2) is 46.3 Å². The van der Waals surface area contributed by atoms with Crippen molar-refractivity contribution in [2.75, 3.05) is 32.7 Å². The fourth-order valence-electron chi connectivity index (χ4n) is 3.43. The summed E-state index contributed by atoms with van der Waals surface area (Å²) in [5.41, 5.74) is 0.290. The molecule has 1 fully saturated rings. The number of carbonyl (C=O) groups is 1. The fraction of sp³-hybridized carbons (Fsp3) is 0.350. The molecule has 1 amide bonds. The van der Waals surface area contributed by atoms with Gasteiger partial charge in [-0.3, -0.25) is 19.8 Å². The van der Waals surface area contributed by atoms with Crippen LogP contribution in [0.3, 0.4) is 0 Å². The summed E-state index contributed by atoms with van der Waals surface area (Å²) >= 11 is 1.58. The van der Waals surface area contributed by atoms with Crippen molar-refractivity contribution in [1.82, 2.24) is 19.9 Å². The van der Waals surface area contributed by atoms with Gasteiger partial charge in [-0.2, -0.15) is 4.98 Å². The van der Waals surface area contributed by atoms with Gasteiger partial charge in [0.05, 0.1) is 9.80 Å². The van der Waals surface area contributed by atoms with Crippen molar-refractivity contribution in [3.8, 4) is 10.7 Å². The van der Waals surface area contributed by atoms with Crippen LogP contribution in [-0.4, -0.2) is 63.5 Å². The predicted octanol–water partition coefficient (Wildman–Crippen LogP) is 3.10. The van der Waals surface area contributed by atoms with E-state index in [0.29, 0.717) is 36.8 Å². The summed E-state index contributed by atoms with van der Waals surface area (Å²) in [4.78, 5) is 32.6. The predicted molar refractivity (Wildman–Crippen MR) is 111 cm³/mol. The molecule has 4 rings (SSSR count). The van der Waals surface area contributed by atoms with E-state index in [9.17, 15) is 14.9 Å². The molecule has 1 aliphatic heterocycles. The first-order valence-corrected chi connectivity index (χ1v) is 10.6. The fourth-order valence-corrected chi connectivity index (χ4v) is 4.08. The molecule has 0 bridgehead atoms. The minimum atomic E-state index is -0.485. The molecular weight excluding hydrogens is 406 g/mol. The third kappa shape index (κ3) is 4.71. The highest BCUT2D eigenvalue weighted by Crippen LogP contribution is 2.21. The molecule has 3 heterocycles. The minimum Gasteiger partial charge on any atom is -0.339 e. The molecule has 0 spiro atoms. The minimum absolute atomic E-state index is 0.0669. The van der Waals surface area contributed by atoms with Gasteiger partial charge in [-0.15, -0.1) is 11.3 Å². The Morgan fingerprint density at radius 1 is 1.20 bits per heavy atom. The van der Waals surface area contributed by atoms with E-state index in [1.807, 2.05) is 17.5 Å². The van der Waals surface area contributed by atoms with Gasteiger partial charge < -0.3 is 9.42 Å². The second kappa shape index (κ2) is 9.14. The van der Waals surface area contributed by atoms with Crippen LogP contribution in [0.5, 0.6) is 0 Å². The van der Waals surface area contributed by atoms with Gasteiger partial charge in [-0.1, -0.05) is 17.3 Å². The number of hydrogen-bond acceptors (Lipinski definition) is 8. The maximum Gasteiger partial charge on any atom is 0.270 e. The molecule has 1 aliphatic rings. The van der Waals surface area contributed by atoms with E-state index in [4.69, 9.17) is 4.52 Å². The van der Waals surface area contributed by atoms with Crippen LogP contribution in [0.1, 0.15) is 22.7 Å². The van der Waals surface area contributed by atoms with Crippen molar-refractivity contribution in [2.45, 2.75) is 12.8 Å². The summed E-state index contributed by atoms with van der Waals surface area (Å²) in [6.07, 6.45) is 1.61. The number of nitro benzene ring substituents is 1. The van der Waals surface area contributed by atoms with Crippen molar-refractivity contribution in [3.05, 3.63) is 63.3 Å². The Kier molecular flexibility index (Phi) is 6.15. The number of hydrogen-bond donors (Lipinski definition) is 0. The summed E-state index contributed by atoms with van der Waals surface area (Å²) in [6, 6.07) is 9.82. The van der Waals surface area contributed by atoms with Crippen molar-refractivity contribution in [3.63, 3.8) is 0 Å². The van der Waals surface area contributed by atoms with Gasteiger partial charge in [0.25, 0.3) is 11.6 Å². The molecule has 10 heteroatoms. The van der Waals surface area contributed by atoms with Crippen molar-refractivity contribution in [1.29, 1.82) is 0 Å². The van der Waals surface area contributed by atoms with Gasteiger partial charge in [0.2, 0.25) is 11.7 Å². The van der Waals surface area contributed by atoms with Gasteiger partial charge in [0, 0.05) is 50.3 Å². The standard InChI is InChI=1S/C20H21N5O4S/c26-20(15-4-1-5-16(14-15)25(27)28)24-11-9-23(10-12-24)8-2-7-18-21-19(22-29-18)17-6-3-13-30-17/h1,3-6,13-14H,2,7-12H2. The quantitative estimate of drug-likeness (QED) is 0.421. The molecule has 0 N–H and O–H groups in total. The Bertz CT molecular complexity index is 1010. The average molecular weight is 427 g/mol. The number of amides is 1. The molecule has 0 radical (unpaired) electrons. The second-order valence-electron chi connectivity index (χ2n) is 7.03. The maximum atomic E-state index is 12.6. The van der Waals surface area contributed by atoms with Gasteiger partial charge >= 0.3 is 0 Å². The van der Waals surface area contributed by atoms with E-state index in [1.54, 1.807) is 28.4 Å². The SMILES string of the molecule is O=C(c1cccc([N+](=O)[O-])c1)N1CCN(CCCc2nc(-c3cccs3)no2)CC1. The first kappa shape index (κ1) is 20.2. The second-order valence-corrected chi connectivity index (χ2v) is 7.98. The Balaban J connectivity index is 1.23. The third-order valence-electron chi connectivity index (χ3n) is 5.04. The van der Waals surface area contributed by atoms with Gasteiger partial charge in [0.1, 0.15) is 0 Å². The van der Waals surface area contributed by atoms with E-state index >= 15 is 0 Å². The van der Waals surface area contributed by atoms with E-state index in [1.165, 1.54) is 12.1 Å². The lowest BCUT2D eigenvalue weighted by Crippen LogP contribution is -2.48. The molecule has 1 aromatic carbocycles. The monoisotopic (exact) mass is 427 g/mol. The third-order valence-corrected chi connectivity index (χ3v) is 5.90. The van der Waals surface area contributed by atoms with Crippen LogP contribution < -0.4 is 0 Å². The Labute approximate surface area is 177 Å². The van der Waals surface area contributed by atoms with Crippen LogP contribution in [0.25, 0.3) is 10.7 Å². The van der Waals surface area contributed by atoms with E-state index in [-0.39, 0.29) is 11.6 Å². The number of piperazine rings is 1. The lowest BCUT2D eigenvalue weighted by molar-refractivity contribution is -0.384. The van der Waals surface area contributed by atoms with Gasteiger partial charge in [0.15, 0.2) is 0 Å². The molecule has 2 aromatic heterocycles. The van der Waals surface area contributed by atoms with Crippen LogP contribution in [0, 0.1) is 10.1 Å². The zero-order valence-electron chi connectivity index (χ0n) is 16.3. The normalized spacial score (nSPS) is 14.7. The number of aryl methyl sites for hydroxylation is 1. The summed E-state index contributed by atoms with van der Waals surface area (Å²) in [5, 5.41) is 16.9. The lowest BCUT2D eigenvalue weighted by Gasteiger charge is -2.34. The average Bonchev–Trinajstić information content (AvgIpc) is 3.46. The molecule has 156 valence electrons. The van der Waals surface area contributed by atoms with Crippen LogP contribution in [0.4, 0.5) is 5.69 Å². The van der Waals surface area contributed by atoms with Gasteiger partial charge in [-0.05, 0) is 30.5 Å². The summed E-state index contributed by atoms with van der Waals surface area (Å²) in [5.74, 6) is 1.11. The molecule has 0 saturated carbocycles. The lowest BCUT2D eigenvalue weighted by atomic mass is 10.1. The first-order valence-electron chi connectivity index (χ1n) is 9.73. The summed E-state index contributed by atoms with van der Waals surface area (Å²) in [6.45, 7) is 3.63. The van der Waals surface area contributed by atoms with E-state index in [2.05, 4.69) is 15.0 Å². The largest absolute Gasteiger partial charge is 0.339 e. The molecule has 9 nitrogen and oxygen atoms in total. The number of aromatic nitrogens is 2. The molecule has 1 saturated heterocycles. The van der Waals surface area contributed by atoms with Crippen molar-refractivity contribution >= 4 is 22.9 Å². The zero-order valence-corrected chi connectivity index (χ0v) is 17.1. The van der Waals surface area contributed by atoms with Gasteiger partial charge in [-0.25, -0.2) is 0 Å². The van der Waals surface area contributed by atoms with E-state index < -0.39 is 4.92 Å². The number of non-ortho nitro benzene ring substituents is 1. The Morgan fingerprint density at radius 2 is 2.03 bits per heavy atom. The highest BCUT2D eigenvalue weighted by Gasteiger charge is 2.23. The number of carbonyl (C=O) groups excluding carboxylic acids is 1. The van der Waals surface area contributed by atoms with E-state index in [0.717, 1.165) is 30.9 Å². The Hall–Kier alpha value is -3.11. The number of nitrogens with zero attached hydrogens (tertiary/aromatic N) is 5. The molecule has 30 heavy (non-hydrogen) atoms. The van der Waals surface area contributed by atoms with Crippen LogP contribution >= 0.6 is 11.3 Å². The highest BCUT2D eigenvalue weighted by atomic mass is 32.1. The first-order chi connectivity index (χ1) is 14.6. The number of benzene rings is 1. The maximum absolute atomic E-state index is 12.6. The van der Waals surface area contributed by atoms with Crippen molar-refractivity contribution in [2.24, 2.45) is 0 Å². The summed E-state index contributed by atoms with van der Waals surface area (Å²) in [7, 11) is 0. The molecule has 0 aliphatic carbocycles. The number of thiophene rings is 1.